The van der Waals surface area contributed by atoms with Crippen LogP contribution in [0, 0.1) is 0 Å². The maximum atomic E-state index is 12.8. The van der Waals surface area contributed by atoms with E-state index in [1.54, 1.807) is 18.2 Å². The highest BCUT2D eigenvalue weighted by atomic mass is 32.2. The highest BCUT2D eigenvalue weighted by molar-refractivity contribution is 7.98. The molecule has 0 aliphatic carbocycles. The molecule has 7 nitrogen and oxygen atoms in total. The van der Waals surface area contributed by atoms with Crippen molar-refractivity contribution in [3.63, 3.8) is 0 Å². The Labute approximate surface area is 177 Å². The number of amides is 1. The molecule has 10 heteroatoms. The lowest BCUT2D eigenvalue weighted by Crippen LogP contribution is -2.20. The number of rotatable bonds is 7. The largest absolute Gasteiger partial charge is 0.380 e. The molecule has 0 atom stereocenters. The molecule has 3 rings (SSSR count). The smallest absolute Gasteiger partial charge is 0.280 e. The van der Waals surface area contributed by atoms with Gasteiger partial charge in [-0.3, -0.25) is 4.79 Å². The zero-order valence-electron chi connectivity index (χ0n) is 16.0. The van der Waals surface area contributed by atoms with Crippen LogP contribution in [0.1, 0.15) is 17.3 Å². The Balaban J connectivity index is 2.14. The second kappa shape index (κ2) is 9.23. The molecule has 0 aliphatic rings. The summed E-state index contributed by atoms with van der Waals surface area (Å²) in [6.07, 6.45) is 1.91. The highest BCUT2D eigenvalue weighted by Gasteiger charge is 2.14. The van der Waals surface area contributed by atoms with Crippen molar-refractivity contribution >= 4 is 49.2 Å². The van der Waals surface area contributed by atoms with Gasteiger partial charge in [0.1, 0.15) is 0 Å². The molecule has 1 heterocycles. The van der Waals surface area contributed by atoms with E-state index in [0.29, 0.717) is 34.8 Å². The minimum Gasteiger partial charge on any atom is -0.380 e. The van der Waals surface area contributed by atoms with Crippen LogP contribution in [0.2, 0.25) is 0 Å². The summed E-state index contributed by atoms with van der Waals surface area (Å²) in [6.45, 7) is 3.41. The van der Waals surface area contributed by atoms with Crippen molar-refractivity contribution in [2.24, 2.45) is 10.1 Å². The van der Waals surface area contributed by atoms with Crippen molar-refractivity contribution in [3.8, 4) is 0 Å². The summed E-state index contributed by atoms with van der Waals surface area (Å²) in [7, 11) is -3.82. The summed E-state index contributed by atoms with van der Waals surface area (Å²) in [4.78, 5) is 18.5. The Morgan fingerprint density at radius 2 is 2.03 bits per heavy atom. The van der Waals surface area contributed by atoms with E-state index < -0.39 is 10.0 Å². The SMILES string of the molecule is CCOCCn1c(=NC(=O)c2ccccc2SC)sc2cc(S(N)(=O)=O)ccc21. The normalized spacial score (nSPS) is 12.6. The summed E-state index contributed by atoms with van der Waals surface area (Å²) in [5.74, 6) is -0.349. The molecule has 29 heavy (non-hydrogen) atoms. The van der Waals surface area contributed by atoms with Gasteiger partial charge >= 0.3 is 0 Å². The van der Waals surface area contributed by atoms with E-state index in [-0.39, 0.29) is 10.8 Å². The number of benzene rings is 2. The van der Waals surface area contributed by atoms with Gasteiger partial charge in [0.15, 0.2) is 4.80 Å². The van der Waals surface area contributed by atoms with E-state index in [0.717, 1.165) is 10.4 Å². The van der Waals surface area contributed by atoms with Gasteiger partial charge in [-0.05, 0) is 43.5 Å². The van der Waals surface area contributed by atoms with E-state index in [2.05, 4.69) is 4.99 Å². The van der Waals surface area contributed by atoms with Crippen molar-refractivity contribution in [3.05, 3.63) is 52.8 Å². The average Bonchev–Trinajstić information content (AvgIpc) is 3.03. The van der Waals surface area contributed by atoms with Crippen molar-refractivity contribution in [1.82, 2.24) is 4.57 Å². The molecule has 0 radical (unpaired) electrons. The number of fused-ring (bicyclic) bond motifs is 1. The van der Waals surface area contributed by atoms with Gasteiger partial charge in [0.05, 0.1) is 27.3 Å². The topological polar surface area (TPSA) is 104 Å². The summed E-state index contributed by atoms with van der Waals surface area (Å²) >= 11 is 2.72. The number of ether oxygens (including phenoxy) is 1. The van der Waals surface area contributed by atoms with Crippen molar-refractivity contribution in [2.75, 3.05) is 19.5 Å². The number of carbonyl (C=O) groups excluding carboxylic acids is 1. The minimum atomic E-state index is -3.82. The van der Waals surface area contributed by atoms with Gasteiger partial charge < -0.3 is 9.30 Å². The molecule has 0 saturated carbocycles. The van der Waals surface area contributed by atoms with Gasteiger partial charge in [0.25, 0.3) is 5.91 Å². The zero-order valence-corrected chi connectivity index (χ0v) is 18.4. The quantitative estimate of drug-likeness (QED) is 0.439. The molecule has 0 spiro atoms. The number of aromatic nitrogens is 1. The molecule has 0 unspecified atom stereocenters. The van der Waals surface area contributed by atoms with Crippen LogP contribution in [-0.4, -0.2) is 38.4 Å². The van der Waals surface area contributed by atoms with Gasteiger partial charge in [0.2, 0.25) is 10.0 Å². The first-order chi connectivity index (χ1) is 13.8. The molecular formula is C19H21N3O4S3. The Morgan fingerprint density at radius 3 is 2.72 bits per heavy atom. The van der Waals surface area contributed by atoms with Crippen LogP contribution in [0.3, 0.4) is 0 Å². The van der Waals surface area contributed by atoms with Crippen LogP contribution in [0.25, 0.3) is 10.2 Å². The van der Waals surface area contributed by atoms with Gasteiger partial charge in [-0.1, -0.05) is 23.5 Å². The number of nitrogens with zero attached hydrogens (tertiary/aromatic N) is 2. The Hall–Kier alpha value is -1.98. The number of carbonyl (C=O) groups is 1. The standard InChI is InChI=1S/C19H21N3O4S3/c1-3-26-11-10-22-15-9-8-13(29(20,24)25)12-17(15)28-19(22)21-18(23)14-6-4-5-7-16(14)27-2/h4-9,12H,3,10-11H2,1-2H3,(H2,20,24,25). The number of primary sulfonamides is 1. The Morgan fingerprint density at radius 1 is 1.28 bits per heavy atom. The lowest BCUT2D eigenvalue weighted by Gasteiger charge is -2.06. The fourth-order valence-corrected chi connectivity index (χ4v) is 5.10. The fourth-order valence-electron chi connectivity index (χ4n) is 2.80. The Kier molecular flexibility index (Phi) is 6.91. The summed E-state index contributed by atoms with van der Waals surface area (Å²) in [5, 5.41) is 5.25. The van der Waals surface area contributed by atoms with Crippen LogP contribution in [0.5, 0.6) is 0 Å². The molecular weight excluding hydrogens is 430 g/mol. The molecule has 0 fully saturated rings. The Bertz CT molecular complexity index is 1210. The monoisotopic (exact) mass is 451 g/mol. The third kappa shape index (κ3) is 4.96. The third-order valence-electron chi connectivity index (χ3n) is 4.18. The summed E-state index contributed by atoms with van der Waals surface area (Å²) < 4.78 is 31.4. The number of hydrogen-bond acceptors (Lipinski definition) is 6. The molecule has 1 amide bonds. The van der Waals surface area contributed by atoms with E-state index in [4.69, 9.17) is 9.88 Å². The number of hydrogen-bond donors (Lipinski definition) is 1. The van der Waals surface area contributed by atoms with Gasteiger partial charge in [0, 0.05) is 18.0 Å². The number of thiazole rings is 1. The van der Waals surface area contributed by atoms with Crippen LogP contribution in [0.4, 0.5) is 0 Å². The first-order valence-electron chi connectivity index (χ1n) is 8.81. The highest BCUT2D eigenvalue weighted by Crippen LogP contribution is 2.23. The van der Waals surface area contributed by atoms with Crippen LogP contribution < -0.4 is 9.94 Å². The van der Waals surface area contributed by atoms with E-state index in [9.17, 15) is 13.2 Å². The second-order valence-electron chi connectivity index (χ2n) is 6.02. The van der Waals surface area contributed by atoms with Gasteiger partial charge in [-0.2, -0.15) is 4.99 Å². The third-order valence-corrected chi connectivity index (χ3v) is 6.93. The van der Waals surface area contributed by atoms with Crippen molar-refractivity contribution in [1.29, 1.82) is 0 Å². The molecule has 0 saturated heterocycles. The van der Waals surface area contributed by atoms with E-state index >= 15 is 0 Å². The molecule has 154 valence electrons. The summed E-state index contributed by atoms with van der Waals surface area (Å²) in [5.41, 5.74) is 1.30. The second-order valence-corrected chi connectivity index (χ2v) is 9.44. The maximum absolute atomic E-state index is 12.8. The predicted molar refractivity (Wildman–Crippen MR) is 116 cm³/mol. The first kappa shape index (κ1) is 21.7. The van der Waals surface area contributed by atoms with Gasteiger partial charge in [-0.25, -0.2) is 13.6 Å². The van der Waals surface area contributed by atoms with E-state index in [1.807, 2.05) is 29.9 Å². The average molecular weight is 452 g/mol. The molecule has 2 N–H and O–H groups in total. The number of nitrogens with two attached hydrogens (primary N) is 1. The lowest BCUT2D eigenvalue weighted by atomic mass is 10.2. The van der Waals surface area contributed by atoms with Crippen LogP contribution in [0.15, 0.2) is 57.2 Å². The van der Waals surface area contributed by atoms with Crippen LogP contribution >= 0.6 is 23.1 Å². The van der Waals surface area contributed by atoms with Crippen molar-refractivity contribution in [2.45, 2.75) is 23.3 Å². The molecule has 1 aromatic heterocycles. The zero-order chi connectivity index (χ0) is 21.0. The van der Waals surface area contributed by atoms with Crippen LogP contribution in [-0.2, 0) is 21.3 Å². The van der Waals surface area contributed by atoms with Gasteiger partial charge in [-0.15, -0.1) is 11.8 Å². The minimum absolute atomic E-state index is 0.0220. The molecule has 3 aromatic rings. The van der Waals surface area contributed by atoms with Crippen molar-refractivity contribution < 1.29 is 17.9 Å². The number of sulfonamides is 1. The van der Waals surface area contributed by atoms with E-state index in [1.165, 1.54) is 35.2 Å². The molecule has 2 aromatic carbocycles. The maximum Gasteiger partial charge on any atom is 0.280 e. The summed E-state index contributed by atoms with van der Waals surface area (Å²) in [6, 6.07) is 11.9. The lowest BCUT2D eigenvalue weighted by molar-refractivity contribution is 0.0994. The first-order valence-corrected chi connectivity index (χ1v) is 12.4. The molecule has 0 aliphatic heterocycles. The fraction of sp³-hybridized carbons (Fsp3) is 0.263. The predicted octanol–water partition coefficient (Wildman–Crippen LogP) is 2.85. The number of thioether (sulfide) groups is 1. The molecule has 0 bridgehead atoms.